The average molecular weight is 945 g/mol. The lowest BCUT2D eigenvalue weighted by atomic mass is 10.0. The Hall–Kier alpha value is -5.99. The van der Waals surface area contributed by atoms with E-state index in [9.17, 15) is 21.6 Å². The summed E-state index contributed by atoms with van der Waals surface area (Å²) >= 11 is 0. The second-order valence-corrected chi connectivity index (χ2v) is 17.6. The standard InChI is InChI=1S/C16H18O2.C15H16N2O.C14H14.2C2H6O3S.2C2H6/c1-11-5-7-13(9-15(11)17-3)14-8-6-12(2)16(10-14)18-4;1-11-3-7-13(8-4-11)16-15(18)17-14-9-5-12(2)6-10-14;1-11-3-7-13(8-4-11)14-9-5-12(2)6-10-14;2*1-5-6(2,3)4;2*1-2/h5-10H,1-4H3;3-10H,1-2H3,(H2,16,17,18);3-10H,1-2H3;2*1-2H3;2*1-2H3. The number of urea groups is 1. The zero-order valence-electron chi connectivity index (χ0n) is 41.7. The van der Waals surface area contributed by atoms with Gasteiger partial charge in [0.1, 0.15) is 11.5 Å². The summed E-state index contributed by atoms with van der Waals surface area (Å²) in [6.45, 7) is 20.3. The van der Waals surface area contributed by atoms with Gasteiger partial charge in [-0.1, -0.05) is 147 Å². The van der Waals surface area contributed by atoms with Crippen LogP contribution in [0, 0.1) is 41.5 Å². The summed E-state index contributed by atoms with van der Waals surface area (Å²) in [5, 5.41) is 5.56. The summed E-state index contributed by atoms with van der Waals surface area (Å²) in [4.78, 5) is 11.7. The topological polar surface area (TPSA) is 146 Å². The van der Waals surface area contributed by atoms with Crippen molar-refractivity contribution in [3.8, 4) is 33.8 Å². The van der Waals surface area contributed by atoms with Crippen molar-refractivity contribution in [1.82, 2.24) is 0 Å². The molecule has 0 spiro atoms. The molecule has 0 fully saturated rings. The number of methoxy groups -OCH3 is 2. The van der Waals surface area contributed by atoms with E-state index in [2.05, 4.69) is 118 Å². The third-order valence-corrected chi connectivity index (χ3v) is 10.0. The average Bonchev–Trinajstić information content (AvgIpc) is 3.30. The normalized spacial score (nSPS) is 9.94. The van der Waals surface area contributed by atoms with E-state index in [-0.39, 0.29) is 6.03 Å². The van der Waals surface area contributed by atoms with E-state index in [1.807, 2.05) is 104 Å². The van der Waals surface area contributed by atoms with Gasteiger partial charge in [-0.15, -0.1) is 0 Å². The number of aryl methyl sites for hydroxylation is 6. The van der Waals surface area contributed by atoms with Gasteiger partial charge < -0.3 is 20.1 Å². The molecule has 13 heteroatoms. The van der Waals surface area contributed by atoms with Crippen LogP contribution in [0.25, 0.3) is 22.3 Å². The summed E-state index contributed by atoms with van der Waals surface area (Å²) in [6.07, 6.45) is 1.99. The molecule has 0 atom stereocenters. The van der Waals surface area contributed by atoms with Gasteiger partial charge in [-0.05, 0) is 111 Å². The number of anilines is 2. The van der Waals surface area contributed by atoms with Crippen LogP contribution in [0.2, 0.25) is 0 Å². The molecule has 0 aliphatic heterocycles. The molecule has 0 heterocycles. The minimum absolute atomic E-state index is 0.234. The number of hydrogen-bond donors (Lipinski definition) is 2. The smallest absolute Gasteiger partial charge is 0.323 e. The third kappa shape index (κ3) is 25.5. The highest BCUT2D eigenvalue weighted by Crippen LogP contribution is 2.30. The molecule has 0 radical (unpaired) electrons. The van der Waals surface area contributed by atoms with Crippen molar-refractivity contribution in [3.63, 3.8) is 0 Å². The summed E-state index contributed by atoms with van der Waals surface area (Å²) in [6, 6.07) is 44.8. The molecule has 6 aromatic carbocycles. The van der Waals surface area contributed by atoms with E-state index in [0.717, 1.165) is 71.9 Å². The Kier molecular flexibility index (Phi) is 28.9. The van der Waals surface area contributed by atoms with Crippen molar-refractivity contribution >= 4 is 37.6 Å². The highest BCUT2D eigenvalue weighted by atomic mass is 32.2. The molecule has 0 aliphatic carbocycles. The van der Waals surface area contributed by atoms with E-state index in [1.54, 1.807) is 14.2 Å². The Morgan fingerprint density at radius 2 is 0.621 bits per heavy atom. The number of ether oxygens (including phenoxy) is 2. The van der Waals surface area contributed by atoms with Gasteiger partial charge in [0.2, 0.25) is 0 Å². The van der Waals surface area contributed by atoms with Gasteiger partial charge in [-0.2, -0.15) is 16.8 Å². The summed E-state index contributed by atoms with van der Waals surface area (Å²) in [7, 11) is -0.691. The van der Waals surface area contributed by atoms with E-state index in [0.29, 0.717) is 0 Å². The molecule has 0 saturated carbocycles. The molecular formula is C53H72N2O9S2. The molecule has 11 nitrogen and oxygen atoms in total. The minimum atomic E-state index is -3.16. The molecular weight excluding hydrogens is 873 g/mol. The lowest BCUT2D eigenvalue weighted by molar-refractivity contribution is 0.262. The number of rotatable bonds is 8. The number of nitrogens with one attached hydrogen (secondary N) is 2. The molecule has 0 aromatic heterocycles. The molecule has 0 aliphatic rings. The fraction of sp³-hybridized carbons (Fsp3) is 0.302. The van der Waals surface area contributed by atoms with E-state index < -0.39 is 20.2 Å². The lowest BCUT2D eigenvalue weighted by Crippen LogP contribution is -2.19. The lowest BCUT2D eigenvalue weighted by Gasteiger charge is -2.10. The third-order valence-electron chi connectivity index (χ3n) is 8.81. The first-order valence-corrected chi connectivity index (χ1v) is 25.0. The highest BCUT2D eigenvalue weighted by molar-refractivity contribution is 7.86. The first-order chi connectivity index (χ1) is 31.2. The summed E-state index contributed by atoms with van der Waals surface area (Å²) in [5.74, 6) is 1.82. The predicted molar refractivity (Wildman–Crippen MR) is 277 cm³/mol. The molecule has 2 amide bonds. The van der Waals surface area contributed by atoms with Crippen molar-refractivity contribution in [2.24, 2.45) is 0 Å². The van der Waals surface area contributed by atoms with Crippen LogP contribution in [-0.2, 0) is 28.6 Å². The van der Waals surface area contributed by atoms with E-state index in [4.69, 9.17) is 9.47 Å². The van der Waals surface area contributed by atoms with Crippen molar-refractivity contribution in [3.05, 3.63) is 167 Å². The first kappa shape index (κ1) is 60.0. The largest absolute Gasteiger partial charge is 0.496 e. The fourth-order valence-corrected chi connectivity index (χ4v) is 5.06. The van der Waals surface area contributed by atoms with Crippen molar-refractivity contribution < 1.29 is 39.5 Å². The second kappa shape index (κ2) is 31.8. The molecule has 66 heavy (non-hydrogen) atoms. The fourth-order valence-electron chi connectivity index (χ4n) is 5.06. The van der Waals surface area contributed by atoms with E-state index in [1.165, 1.54) is 33.4 Å². The van der Waals surface area contributed by atoms with Gasteiger partial charge in [0.15, 0.2) is 0 Å². The maximum absolute atomic E-state index is 11.7. The number of carbonyl (C=O) groups is 1. The zero-order valence-corrected chi connectivity index (χ0v) is 43.3. The van der Waals surface area contributed by atoms with Crippen LogP contribution in [0.3, 0.4) is 0 Å². The number of carbonyl (C=O) groups excluding carboxylic acids is 1. The van der Waals surface area contributed by atoms with Crippen molar-refractivity contribution in [1.29, 1.82) is 0 Å². The number of hydrogen-bond acceptors (Lipinski definition) is 9. The molecule has 0 bridgehead atoms. The Labute approximate surface area is 396 Å². The maximum atomic E-state index is 11.7. The Bertz CT molecular complexity index is 2330. The van der Waals surface area contributed by atoms with Crippen molar-refractivity contribution in [2.45, 2.75) is 69.2 Å². The van der Waals surface area contributed by atoms with Gasteiger partial charge in [0, 0.05) is 11.4 Å². The van der Waals surface area contributed by atoms with Gasteiger partial charge in [0.25, 0.3) is 20.2 Å². The van der Waals surface area contributed by atoms with Gasteiger partial charge in [-0.25, -0.2) is 4.79 Å². The van der Waals surface area contributed by atoms with Gasteiger partial charge in [0.05, 0.1) is 41.0 Å². The molecule has 0 unspecified atom stereocenters. The van der Waals surface area contributed by atoms with Gasteiger partial charge in [-0.3, -0.25) is 8.37 Å². The number of amides is 2. The summed E-state index contributed by atoms with van der Waals surface area (Å²) in [5.41, 5.74) is 13.6. The quantitative estimate of drug-likeness (QED) is 0.142. The van der Waals surface area contributed by atoms with Crippen LogP contribution < -0.4 is 20.1 Å². The van der Waals surface area contributed by atoms with Gasteiger partial charge >= 0.3 is 6.03 Å². The molecule has 2 N–H and O–H groups in total. The zero-order chi connectivity index (χ0) is 50.5. The van der Waals surface area contributed by atoms with Crippen molar-refractivity contribution in [2.75, 3.05) is 51.6 Å². The minimum Gasteiger partial charge on any atom is -0.496 e. The Morgan fingerprint density at radius 3 is 0.848 bits per heavy atom. The molecule has 0 saturated heterocycles. The maximum Gasteiger partial charge on any atom is 0.323 e. The van der Waals surface area contributed by atoms with E-state index >= 15 is 0 Å². The van der Waals surface area contributed by atoms with Crippen LogP contribution in [0.15, 0.2) is 133 Å². The Morgan fingerprint density at radius 1 is 0.394 bits per heavy atom. The number of benzene rings is 6. The Balaban J connectivity index is 0.000000831. The molecule has 6 rings (SSSR count). The van der Waals surface area contributed by atoms with Crippen LogP contribution >= 0.6 is 0 Å². The SMILES string of the molecule is CC.CC.COS(C)(=O)=O.COS(C)(=O)=O.COc1cc(-c2ccc(C)c(OC)c2)ccc1C.Cc1ccc(-c2ccc(C)cc2)cc1.Cc1ccc(NC(=O)Nc2ccc(C)cc2)cc1. The predicted octanol–water partition coefficient (Wildman–Crippen LogP) is 13.1. The first-order valence-electron chi connectivity index (χ1n) is 21.3. The molecule has 360 valence electrons. The second-order valence-electron chi connectivity index (χ2n) is 14.2. The monoisotopic (exact) mass is 944 g/mol. The van der Waals surface area contributed by atoms with Crippen LogP contribution in [0.5, 0.6) is 11.5 Å². The van der Waals surface area contributed by atoms with Crippen LogP contribution in [0.4, 0.5) is 16.2 Å². The molecule has 6 aromatic rings. The summed E-state index contributed by atoms with van der Waals surface area (Å²) < 4.78 is 57.6. The highest BCUT2D eigenvalue weighted by Gasteiger charge is 2.06. The van der Waals surface area contributed by atoms with Crippen LogP contribution in [0.1, 0.15) is 61.1 Å². The van der Waals surface area contributed by atoms with Crippen LogP contribution in [-0.4, -0.2) is 63.8 Å².